The number of hydrogen-bond donors (Lipinski definition) is 2. The molecule has 0 aliphatic carbocycles. The fraction of sp³-hybridized carbons (Fsp3) is 0.222. The Balaban J connectivity index is 1.67. The molecule has 9 nitrogen and oxygen atoms in total. The SMILES string of the molecule is Cc1cc(C)nc(NS(=O)(=O)c2ccc(NC(=O)Cn3cc(Br)c(C)n3)cc2)n1. The molecule has 0 bridgehead atoms. The number of nitrogens with zero attached hydrogens (tertiary/aromatic N) is 4. The van der Waals surface area contributed by atoms with Crippen LogP contribution < -0.4 is 10.0 Å². The summed E-state index contributed by atoms with van der Waals surface area (Å²) in [6.07, 6.45) is 1.71. The molecular weight excluding hydrogens is 460 g/mol. The van der Waals surface area contributed by atoms with Crippen LogP contribution in [0.4, 0.5) is 11.6 Å². The number of benzene rings is 1. The monoisotopic (exact) mass is 478 g/mol. The Morgan fingerprint density at radius 3 is 2.28 bits per heavy atom. The molecule has 0 fully saturated rings. The van der Waals surface area contributed by atoms with Crippen LogP contribution in [0.15, 0.2) is 45.9 Å². The highest BCUT2D eigenvalue weighted by atomic mass is 79.9. The Hall–Kier alpha value is -2.79. The van der Waals surface area contributed by atoms with Crippen molar-refractivity contribution in [2.24, 2.45) is 0 Å². The fourth-order valence-electron chi connectivity index (χ4n) is 2.59. The van der Waals surface area contributed by atoms with Gasteiger partial charge in [-0.3, -0.25) is 9.48 Å². The van der Waals surface area contributed by atoms with Gasteiger partial charge in [-0.05, 0) is 67.0 Å². The molecule has 3 rings (SSSR count). The van der Waals surface area contributed by atoms with Gasteiger partial charge in [-0.25, -0.2) is 23.1 Å². The van der Waals surface area contributed by atoms with Gasteiger partial charge < -0.3 is 5.32 Å². The van der Waals surface area contributed by atoms with Crippen molar-refractivity contribution in [3.05, 3.63) is 58.1 Å². The molecule has 0 spiro atoms. The van der Waals surface area contributed by atoms with Crippen LogP contribution in [-0.2, 0) is 21.4 Å². The largest absolute Gasteiger partial charge is 0.324 e. The third kappa shape index (κ3) is 5.39. The van der Waals surface area contributed by atoms with E-state index >= 15 is 0 Å². The Bertz CT molecular complexity index is 1120. The third-order valence-corrected chi connectivity index (χ3v) is 5.97. The van der Waals surface area contributed by atoms with Gasteiger partial charge in [-0.15, -0.1) is 0 Å². The molecule has 0 saturated carbocycles. The van der Waals surface area contributed by atoms with Crippen molar-refractivity contribution in [1.82, 2.24) is 19.7 Å². The first kappa shape index (κ1) is 20.9. The first-order valence-corrected chi connectivity index (χ1v) is 10.8. The van der Waals surface area contributed by atoms with Gasteiger partial charge in [-0.1, -0.05) is 0 Å². The van der Waals surface area contributed by atoms with Gasteiger partial charge in [-0.2, -0.15) is 5.10 Å². The number of halogens is 1. The highest BCUT2D eigenvalue weighted by molar-refractivity contribution is 9.10. The average molecular weight is 479 g/mol. The Kier molecular flexibility index (Phi) is 5.99. The van der Waals surface area contributed by atoms with Crippen molar-refractivity contribution >= 4 is 43.5 Å². The minimum absolute atomic E-state index is 0.0144. The van der Waals surface area contributed by atoms with Crippen LogP contribution in [0.1, 0.15) is 17.1 Å². The maximum Gasteiger partial charge on any atom is 0.264 e. The first-order valence-electron chi connectivity index (χ1n) is 8.57. The predicted molar refractivity (Wildman–Crippen MR) is 112 cm³/mol. The first-order chi connectivity index (χ1) is 13.6. The summed E-state index contributed by atoms with van der Waals surface area (Å²) in [6, 6.07) is 7.57. The lowest BCUT2D eigenvalue weighted by atomic mass is 10.3. The summed E-state index contributed by atoms with van der Waals surface area (Å²) in [4.78, 5) is 20.3. The van der Waals surface area contributed by atoms with E-state index < -0.39 is 10.0 Å². The summed E-state index contributed by atoms with van der Waals surface area (Å²) >= 11 is 3.34. The van der Waals surface area contributed by atoms with Crippen molar-refractivity contribution in [3.8, 4) is 0 Å². The number of hydrogen-bond acceptors (Lipinski definition) is 6. The summed E-state index contributed by atoms with van der Waals surface area (Å²) in [7, 11) is -3.85. The lowest BCUT2D eigenvalue weighted by Crippen LogP contribution is -2.19. The summed E-state index contributed by atoms with van der Waals surface area (Å²) in [5, 5.41) is 6.91. The molecule has 1 aromatic carbocycles. The minimum Gasteiger partial charge on any atom is -0.324 e. The van der Waals surface area contributed by atoms with Gasteiger partial charge in [0.2, 0.25) is 11.9 Å². The van der Waals surface area contributed by atoms with E-state index in [4.69, 9.17) is 0 Å². The van der Waals surface area contributed by atoms with Gasteiger partial charge in [0.15, 0.2) is 0 Å². The normalized spacial score (nSPS) is 11.3. The number of carbonyl (C=O) groups is 1. The van der Waals surface area contributed by atoms with Crippen LogP contribution in [0.3, 0.4) is 0 Å². The van der Waals surface area contributed by atoms with E-state index in [1.54, 1.807) is 26.1 Å². The number of rotatable bonds is 6. The zero-order valence-electron chi connectivity index (χ0n) is 16.0. The van der Waals surface area contributed by atoms with Crippen molar-refractivity contribution < 1.29 is 13.2 Å². The maximum atomic E-state index is 12.5. The number of anilines is 2. The average Bonchev–Trinajstić information content (AvgIpc) is 2.91. The molecule has 0 atom stereocenters. The predicted octanol–water partition coefficient (Wildman–Crippen LogP) is 2.80. The molecule has 0 saturated heterocycles. The van der Waals surface area contributed by atoms with Crippen LogP contribution in [-0.4, -0.2) is 34.1 Å². The highest BCUT2D eigenvalue weighted by Gasteiger charge is 2.16. The third-order valence-electron chi connectivity index (χ3n) is 3.85. The molecule has 2 heterocycles. The highest BCUT2D eigenvalue weighted by Crippen LogP contribution is 2.17. The van der Waals surface area contributed by atoms with E-state index in [1.807, 2.05) is 6.92 Å². The molecular formula is C18H19BrN6O3S. The molecule has 2 aromatic heterocycles. The molecule has 2 N–H and O–H groups in total. The molecule has 0 aliphatic rings. The molecule has 152 valence electrons. The van der Waals surface area contributed by atoms with E-state index in [1.165, 1.54) is 28.9 Å². The zero-order chi connectivity index (χ0) is 21.2. The molecule has 1 amide bonds. The van der Waals surface area contributed by atoms with Gasteiger partial charge in [0.1, 0.15) is 6.54 Å². The van der Waals surface area contributed by atoms with Crippen LogP contribution in [0.5, 0.6) is 0 Å². The number of amides is 1. The fourth-order valence-corrected chi connectivity index (χ4v) is 3.85. The molecule has 0 radical (unpaired) electrons. The van der Waals surface area contributed by atoms with Gasteiger partial charge in [0.05, 0.1) is 15.1 Å². The molecule has 11 heteroatoms. The van der Waals surface area contributed by atoms with E-state index in [-0.39, 0.29) is 23.3 Å². The van der Waals surface area contributed by atoms with Crippen molar-refractivity contribution in [2.75, 3.05) is 10.0 Å². The Labute approximate surface area is 176 Å². The van der Waals surface area contributed by atoms with E-state index in [0.717, 1.165) is 10.2 Å². The molecule has 0 aliphatic heterocycles. The maximum absolute atomic E-state index is 12.5. The number of aromatic nitrogens is 4. The van der Waals surface area contributed by atoms with E-state index in [0.29, 0.717) is 17.1 Å². The second-order valence-corrected chi connectivity index (χ2v) is 8.95. The lowest BCUT2D eigenvalue weighted by Gasteiger charge is -2.09. The molecule has 29 heavy (non-hydrogen) atoms. The smallest absolute Gasteiger partial charge is 0.264 e. The number of carbonyl (C=O) groups excluding carboxylic acids is 1. The standard InChI is InChI=1S/C18H19BrN6O3S/c1-11-8-12(2)21-18(20-11)24-29(27,28)15-6-4-14(5-7-15)22-17(26)10-25-9-16(19)13(3)23-25/h4-9H,10H2,1-3H3,(H,22,26)(H,20,21,24). The quantitative estimate of drug-likeness (QED) is 0.561. The van der Waals surface area contributed by atoms with Crippen LogP contribution in [0.25, 0.3) is 0 Å². The van der Waals surface area contributed by atoms with Gasteiger partial charge in [0, 0.05) is 23.3 Å². The van der Waals surface area contributed by atoms with Gasteiger partial charge >= 0.3 is 0 Å². The summed E-state index contributed by atoms with van der Waals surface area (Å²) < 4.78 is 29.8. The summed E-state index contributed by atoms with van der Waals surface area (Å²) in [5.41, 5.74) is 2.58. The Morgan fingerprint density at radius 1 is 1.10 bits per heavy atom. The Morgan fingerprint density at radius 2 is 1.72 bits per heavy atom. The van der Waals surface area contributed by atoms with Crippen LogP contribution in [0.2, 0.25) is 0 Å². The zero-order valence-corrected chi connectivity index (χ0v) is 18.4. The molecule has 3 aromatic rings. The van der Waals surface area contributed by atoms with Crippen molar-refractivity contribution in [3.63, 3.8) is 0 Å². The number of sulfonamides is 1. The molecule has 0 unspecified atom stereocenters. The van der Waals surface area contributed by atoms with Crippen molar-refractivity contribution in [1.29, 1.82) is 0 Å². The second kappa shape index (κ2) is 8.29. The van der Waals surface area contributed by atoms with Crippen LogP contribution >= 0.6 is 15.9 Å². The number of nitrogens with one attached hydrogen (secondary N) is 2. The van der Waals surface area contributed by atoms with Crippen LogP contribution in [0, 0.1) is 20.8 Å². The lowest BCUT2D eigenvalue weighted by molar-refractivity contribution is -0.116. The van der Waals surface area contributed by atoms with Gasteiger partial charge in [0.25, 0.3) is 10.0 Å². The summed E-state index contributed by atoms with van der Waals surface area (Å²) in [5.74, 6) is -0.266. The second-order valence-electron chi connectivity index (χ2n) is 6.41. The number of aryl methyl sites for hydroxylation is 3. The van der Waals surface area contributed by atoms with E-state index in [2.05, 4.69) is 41.0 Å². The summed E-state index contributed by atoms with van der Waals surface area (Å²) in [6.45, 7) is 5.38. The topological polar surface area (TPSA) is 119 Å². The van der Waals surface area contributed by atoms with Crippen molar-refractivity contribution in [2.45, 2.75) is 32.2 Å². The van der Waals surface area contributed by atoms with E-state index in [9.17, 15) is 13.2 Å². The minimum atomic E-state index is -3.85.